The lowest BCUT2D eigenvalue weighted by atomic mass is 10.1. The second-order valence-corrected chi connectivity index (χ2v) is 4.33. The molecular formula is C7H11BrFN3. The van der Waals surface area contributed by atoms with Gasteiger partial charge in [-0.05, 0) is 36.7 Å². The highest BCUT2D eigenvalue weighted by Gasteiger charge is 2.21. The van der Waals surface area contributed by atoms with Gasteiger partial charge in [-0.3, -0.25) is 0 Å². The predicted molar refractivity (Wildman–Crippen MR) is 49.3 cm³/mol. The van der Waals surface area contributed by atoms with Crippen LogP contribution in [0.4, 0.5) is 10.1 Å². The van der Waals surface area contributed by atoms with E-state index in [1.54, 1.807) is 0 Å². The van der Waals surface area contributed by atoms with Crippen LogP contribution in [0.3, 0.4) is 0 Å². The molecule has 68 valence electrons. The van der Waals surface area contributed by atoms with Crippen molar-refractivity contribution >= 4 is 21.6 Å². The molecule has 3 nitrogen and oxygen atoms in total. The maximum atomic E-state index is 12.8. The number of rotatable bonds is 0. The van der Waals surface area contributed by atoms with Crippen LogP contribution in [-0.4, -0.2) is 9.78 Å². The van der Waals surface area contributed by atoms with Crippen molar-refractivity contribution in [2.75, 3.05) is 5.73 Å². The van der Waals surface area contributed by atoms with E-state index in [2.05, 4.69) is 21.0 Å². The summed E-state index contributed by atoms with van der Waals surface area (Å²) >= 11 is 3.17. The molecule has 2 N–H and O–H groups in total. The lowest BCUT2D eigenvalue weighted by molar-refractivity contribution is 0.336. The van der Waals surface area contributed by atoms with Crippen LogP contribution in [0, 0.1) is 5.95 Å². The average molecular weight is 236 g/mol. The first kappa shape index (κ1) is 9.51. The first-order valence-corrected chi connectivity index (χ1v) is 4.33. The number of anilines is 1. The Morgan fingerprint density at radius 2 is 2.00 bits per heavy atom. The molecule has 0 saturated heterocycles. The second kappa shape index (κ2) is 2.73. The smallest absolute Gasteiger partial charge is 0.256 e. The van der Waals surface area contributed by atoms with Crippen LogP contribution >= 0.6 is 15.9 Å². The minimum Gasteiger partial charge on any atom is -0.393 e. The molecule has 1 aromatic heterocycles. The molecule has 12 heavy (non-hydrogen) atoms. The highest BCUT2D eigenvalue weighted by molar-refractivity contribution is 9.10. The van der Waals surface area contributed by atoms with Gasteiger partial charge in [-0.2, -0.15) is 4.39 Å². The number of hydrogen-bond acceptors (Lipinski definition) is 2. The molecule has 1 heterocycles. The summed E-state index contributed by atoms with van der Waals surface area (Å²) < 4.78 is 14.8. The Kier molecular flexibility index (Phi) is 2.16. The largest absolute Gasteiger partial charge is 0.393 e. The summed E-state index contributed by atoms with van der Waals surface area (Å²) in [6.45, 7) is 5.76. The van der Waals surface area contributed by atoms with E-state index in [1.165, 1.54) is 4.68 Å². The highest BCUT2D eigenvalue weighted by Crippen LogP contribution is 2.27. The van der Waals surface area contributed by atoms with E-state index in [0.717, 1.165) is 0 Å². The Labute approximate surface area is 78.9 Å². The molecule has 0 aromatic carbocycles. The molecule has 0 aliphatic heterocycles. The molecule has 0 aliphatic carbocycles. The number of halogens is 2. The van der Waals surface area contributed by atoms with Gasteiger partial charge < -0.3 is 5.73 Å². The van der Waals surface area contributed by atoms with E-state index < -0.39 is 5.95 Å². The fourth-order valence-electron chi connectivity index (χ4n) is 0.829. The molecule has 1 aromatic rings. The SMILES string of the molecule is CC(C)(C)n1nc(F)c(N)c1Br. The number of hydrogen-bond donors (Lipinski definition) is 1. The topological polar surface area (TPSA) is 43.8 Å². The van der Waals surface area contributed by atoms with Gasteiger partial charge in [0.25, 0.3) is 5.95 Å². The fourth-order valence-corrected chi connectivity index (χ4v) is 1.60. The van der Waals surface area contributed by atoms with Crippen LogP contribution in [0.1, 0.15) is 20.8 Å². The zero-order chi connectivity index (χ0) is 9.52. The number of nitrogens with two attached hydrogens (primary N) is 1. The molecule has 0 atom stereocenters. The molecular weight excluding hydrogens is 225 g/mol. The molecule has 0 unspecified atom stereocenters. The van der Waals surface area contributed by atoms with E-state index in [9.17, 15) is 4.39 Å². The first-order valence-electron chi connectivity index (χ1n) is 3.54. The van der Waals surface area contributed by atoms with Crippen molar-refractivity contribution in [3.63, 3.8) is 0 Å². The first-order chi connectivity index (χ1) is 5.34. The molecule has 1 rings (SSSR count). The lowest BCUT2D eigenvalue weighted by Gasteiger charge is -2.19. The highest BCUT2D eigenvalue weighted by atomic mass is 79.9. The molecule has 0 saturated carbocycles. The van der Waals surface area contributed by atoms with Crippen molar-refractivity contribution in [3.05, 3.63) is 10.6 Å². The summed E-state index contributed by atoms with van der Waals surface area (Å²) in [5.41, 5.74) is 5.19. The van der Waals surface area contributed by atoms with Gasteiger partial charge in [-0.15, -0.1) is 5.10 Å². The summed E-state index contributed by atoms with van der Waals surface area (Å²) in [5.74, 6) is -0.628. The number of nitrogens with zero attached hydrogens (tertiary/aromatic N) is 2. The van der Waals surface area contributed by atoms with E-state index >= 15 is 0 Å². The monoisotopic (exact) mass is 235 g/mol. The average Bonchev–Trinajstić information content (AvgIpc) is 2.15. The van der Waals surface area contributed by atoms with Gasteiger partial charge >= 0.3 is 0 Å². The van der Waals surface area contributed by atoms with Crippen LogP contribution in [0.25, 0.3) is 0 Å². The van der Waals surface area contributed by atoms with Gasteiger partial charge in [0.15, 0.2) is 0 Å². The van der Waals surface area contributed by atoms with Gasteiger partial charge in [-0.25, -0.2) is 4.68 Å². The van der Waals surface area contributed by atoms with Crippen molar-refractivity contribution in [1.29, 1.82) is 0 Å². The summed E-state index contributed by atoms with van der Waals surface area (Å²) in [6.07, 6.45) is 0. The van der Waals surface area contributed by atoms with Crippen molar-refractivity contribution in [1.82, 2.24) is 9.78 Å². The third-order valence-electron chi connectivity index (χ3n) is 1.45. The van der Waals surface area contributed by atoms with Crippen molar-refractivity contribution in [2.45, 2.75) is 26.3 Å². The summed E-state index contributed by atoms with van der Waals surface area (Å²) in [7, 11) is 0. The van der Waals surface area contributed by atoms with Crippen LogP contribution < -0.4 is 5.73 Å². The van der Waals surface area contributed by atoms with Crippen molar-refractivity contribution in [2.24, 2.45) is 0 Å². The molecule has 0 amide bonds. The van der Waals surface area contributed by atoms with Gasteiger partial charge in [0.1, 0.15) is 10.3 Å². The van der Waals surface area contributed by atoms with Crippen LogP contribution in [0.15, 0.2) is 4.60 Å². The Morgan fingerprint density at radius 3 is 2.17 bits per heavy atom. The zero-order valence-corrected chi connectivity index (χ0v) is 8.81. The van der Waals surface area contributed by atoms with Crippen LogP contribution in [0.5, 0.6) is 0 Å². The summed E-state index contributed by atoms with van der Waals surface area (Å²) in [4.78, 5) is 0. The van der Waals surface area contributed by atoms with E-state index in [1.807, 2.05) is 20.8 Å². The maximum Gasteiger partial charge on any atom is 0.256 e. The van der Waals surface area contributed by atoms with Crippen LogP contribution in [0.2, 0.25) is 0 Å². The van der Waals surface area contributed by atoms with Crippen molar-refractivity contribution < 1.29 is 4.39 Å². The van der Waals surface area contributed by atoms with Crippen molar-refractivity contribution in [3.8, 4) is 0 Å². The molecule has 5 heteroatoms. The predicted octanol–water partition coefficient (Wildman–Crippen LogP) is 2.12. The van der Waals surface area contributed by atoms with Gasteiger partial charge in [0.2, 0.25) is 0 Å². The molecule has 0 fully saturated rings. The second-order valence-electron chi connectivity index (χ2n) is 3.58. The third-order valence-corrected chi connectivity index (χ3v) is 2.22. The summed E-state index contributed by atoms with van der Waals surface area (Å²) in [5, 5.41) is 3.66. The molecule has 0 bridgehead atoms. The third kappa shape index (κ3) is 1.46. The van der Waals surface area contributed by atoms with Gasteiger partial charge in [0, 0.05) is 0 Å². The standard InChI is InChI=1S/C7H11BrFN3/c1-7(2,3)12-5(8)4(10)6(9)11-12/h10H2,1-3H3. The van der Waals surface area contributed by atoms with Crippen LogP contribution in [-0.2, 0) is 5.54 Å². The Bertz CT molecular complexity index is 300. The number of aromatic nitrogens is 2. The molecule has 0 radical (unpaired) electrons. The fraction of sp³-hybridized carbons (Fsp3) is 0.571. The minimum absolute atomic E-state index is 0.0601. The molecule has 0 aliphatic rings. The van der Waals surface area contributed by atoms with E-state index in [-0.39, 0.29) is 11.2 Å². The van der Waals surface area contributed by atoms with Gasteiger partial charge in [-0.1, -0.05) is 0 Å². The lowest BCUT2D eigenvalue weighted by Crippen LogP contribution is -2.23. The number of nitrogen functional groups attached to an aromatic ring is 1. The Morgan fingerprint density at radius 1 is 1.50 bits per heavy atom. The minimum atomic E-state index is -0.628. The zero-order valence-electron chi connectivity index (χ0n) is 7.23. The quantitative estimate of drug-likeness (QED) is 0.749. The normalized spacial score (nSPS) is 12.1. The van der Waals surface area contributed by atoms with Gasteiger partial charge in [0.05, 0.1) is 5.54 Å². The maximum absolute atomic E-state index is 12.8. The summed E-state index contributed by atoms with van der Waals surface area (Å²) in [6, 6.07) is 0. The van der Waals surface area contributed by atoms with E-state index in [4.69, 9.17) is 5.73 Å². The molecule has 0 spiro atoms. The Hall–Kier alpha value is -0.580. The Balaban J connectivity index is 3.28. The van der Waals surface area contributed by atoms with E-state index in [0.29, 0.717) is 4.60 Å².